The van der Waals surface area contributed by atoms with E-state index in [-0.39, 0.29) is 5.91 Å². The molecule has 1 aromatic heterocycles. The lowest BCUT2D eigenvalue weighted by Gasteiger charge is -2.35. The first-order valence-electron chi connectivity index (χ1n) is 10.5. The van der Waals surface area contributed by atoms with Crippen molar-refractivity contribution in [2.24, 2.45) is 5.92 Å². The number of piperidine rings is 1. The molecule has 0 radical (unpaired) electrons. The topological polar surface area (TPSA) is 58.8 Å². The van der Waals surface area contributed by atoms with E-state index in [1.54, 1.807) is 0 Å². The molecule has 3 rings (SSSR count). The van der Waals surface area contributed by atoms with Crippen LogP contribution in [0, 0.1) is 19.8 Å². The number of amides is 1. The second-order valence-corrected chi connectivity index (χ2v) is 8.38. The Hall–Kier alpha value is -2.34. The molecule has 0 N–H and O–H groups in total. The molecule has 2 aromatic rings. The van der Waals surface area contributed by atoms with E-state index in [0.717, 1.165) is 55.2 Å². The number of carbonyl (C=O) groups is 1. The van der Waals surface area contributed by atoms with Gasteiger partial charge in [-0.2, -0.15) is 0 Å². The van der Waals surface area contributed by atoms with Crippen molar-refractivity contribution < 1.29 is 14.1 Å². The molecule has 1 saturated heterocycles. The molecule has 0 atom stereocenters. The van der Waals surface area contributed by atoms with Gasteiger partial charge in [0.2, 0.25) is 0 Å². The summed E-state index contributed by atoms with van der Waals surface area (Å²) >= 11 is 0. The standard InChI is InChI=1S/C23H33N3O3/c1-16(2)25(5)14-19-10-12-26(13-11-19)23(27)20-6-8-21(9-7-20)28-15-22-17(3)24-29-18(22)4/h6-9,16,19H,10-15H2,1-5H3. The van der Waals surface area contributed by atoms with Gasteiger partial charge in [0.05, 0.1) is 11.3 Å². The number of ether oxygens (including phenoxy) is 1. The Labute approximate surface area is 173 Å². The second kappa shape index (κ2) is 9.44. The molecule has 0 aliphatic carbocycles. The lowest BCUT2D eigenvalue weighted by atomic mass is 9.95. The van der Waals surface area contributed by atoms with Crippen LogP contribution in [0.5, 0.6) is 5.75 Å². The van der Waals surface area contributed by atoms with Crippen molar-refractivity contribution in [3.05, 3.63) is 46.8 Å². The fourth-order valence-electron chi connectivity index (χ4n) is 3.68. The third kappa shape index (κ3) is 5.38. The van der Waals surface area contributed by atoms with Crippen molar-refractivity contribution in [2.75, 3.05) is 26.7 Å². The van der Waals surface area contributed by atoms with Gasteiger partial charge in [-0.25, -0.2) is 0 Å². The van der Waals surface area contributed by atoms with Gasteiger partial charge in [0.25, 0.3) is 5.91 Å². The Morgan fingerprint density at radius 3 is 2.45 bits per heavy atom. The normalized spacial score (nSPS) is 15.3. The van der Waals surface area contributed by atoms with E-state index in [1.807, 2.05) is 43.0 Å². The number of carbonyl (C=O) groups excluding carboxylic acids is 1. The first-order chi connectivity index (χ1) is 13.8. The summed E-state index contributed by atoms with van der Waals surface area (Å²) in [6, 6.07) is 7.98. The largest absolute Gasteiger partial charge is 0.489 e. The molecule has 158 valence electrons. The van der Waals surface area contributed by atoms with Crippen LogP contribution in [0.25, 0.3) is 0 Å². The highest BCUT2D eigenvalue weighted by atomic mass is 16.5. The summed E-state index contributed by atoms with van der Waals surface area (Å²) in [6.07, 6.45) is 2.14. The zero-order valence-electron chi connectivity index (χ0n) is 18.3. The van der Waals surface area contributed by atoms with Gasteiger partial charge in [0, 0.05) is 31.2 Å². The van der Waals surface area contributed by atoms with Gasteiger partial charge in [-0.15, -0.1) is 0 Å². The molecule has 1 aromatic carbocycles. The van der Waals surface area contributed by atoms with E-state index < -0.39 is 0 Å². The van der Waals surface area contributed by atoms with Crippen LogP contribution in [-0.4, -0.2) is 53.6 Å². The van der Waals surface area contributed by atoms with E-state index in [2.05, 4.69) is 31.0 Å². The summed E-state index contributed by atoms with van der Waals surface area (Å²) in [5, 5.41) is 3.94. The molecule has 1 amide bonds. The Balaban J connectivity index is 1.50. The predicted molar refractivity (Wildman–Crippen MR) is 113 cm³/mol. The number of aryl methyl sites for hydroxylation is 2. The number of benzene rings is 1. The van der Waals surface area contributed by atoms with Crippen LogP contribution in [0.3, 0.4) is 0 Å². The maximum atomic E-state index is 12.8. The zero-order valence-corrected chi connectivity index (χ0v) is 18.3. The maximum Gasteiger partial charge on any atom is 0.253 e. The lowest BCUT2D eigenvalue weighted by Crippen LogP contribution is -2.42. The SMILES string of the molecule is Cc1noc(C)c1COc1ccc(C(=O)N2CCC(CN(C)C(C)C)CC2)cc1. The highest BCUT2D eigenvalue weighted by molar-refractivity contribution is 5.94. The number of aromatic nitrogens is 1. The average molecular weight is 400 g/mol. The van der Waals surface area contributed by atoms with E-state index >= 15 is 0 Å². The molecule has 2 heterocycles. The van der Waals surface area contributed by atoms with Crippen LogP contribution in [-0.2, 0) is 6.61 Å². The van der Waals surface area contributed by atoms with E-state index in [0.29, 0.717) is 24.1 Å². The highest BCUT2D eigenvalue weighted by Gasteiger charge is 2.24. The lowest BCUT2D eigenvalue weighted by molar-refractivity contribution is 0.0666. The van der Waals surface area contributed by atoms with Crippen molar-refractivity contribution in [3.63, 3.8) is 0 Å². The van der Waals surface area contributed by atoms with Crippen LogP contribution in [0.1, 0.15) is 54.1 Å². The molecule has 0 spiro atoms. The Morgan fingerprint density at radius 1 is 1.24 bits per heavy atom. The van der Waals surface area contributed by atoms with E-state index in [4.69, 9.17) is 9.26 Å². The molecular formula is C23H33N3O3. The Kier molecular flexibility index (Phi) is 6.96. The van der Waals surface area contributed by atoms with Gasteiger partial charge < -0.3 is 19.1 Å². The summed E-state index contributed by atoms with van der Waals surface area (Å²) in [7, 11) is 2.18. The summed E-state index contributed by atoms with van der Waals surface area (Å²) in [5.41, 5.74) is 2.53. The van der Waals surface area contributed by atoms with Crippen molar-refractivity contribution in [1.82, 2.24) is 15.0 Å². The van der Waals surface area contributed by atoms with E-state index in [1.165, 1.54) is 0 Å². The predicted octanol–water partition coefficient (Wildman–Crippen LogP) is 4.06. The monoisotopic (exact) mass is 399 g/mol. The third-order valence-electron chi connectivity index (χ3n) is 6.00. The Morgan fingerprint density at radius 2 is 1.90 bits per heavy atom. The Bertz CT molecular complexity index is 786. The van der Waals surface area contributed by atoms with Crippen molar-refractivity contribution in [2.45, 2.75) is 53.2 Å². The van der Waals surface area contributed by atoms with Crippen LogP contribution in [0.15, 0.2) is 28.8 Å². The first-order valence-corrected chi connectivity index (χ1v) is 10.5. The molecule has 1 aliphatic rings. The van der Waals surface area contributed by atoms with E-state index in [9.17, 15) is 4.79 Å². The van der Waals surface area contributed by atoms with Gasteiger partial charge in [0.15, 0.2) is 0 Å². The molecule has 1 aliphatic heterocycles. The van der Waals surface area contributed by atoms with Gasteiger partial charge in [-0.1, -0.05) is 5.16 Å². The van der Waals surface area contributed by atoms with Gasteiger partial charge in [0.1, 0.15) is 18.1 Å². The van der Waals surface area contributed by atoms with Crippen LogP contribution < -0.4 is 4.74 Å². The number of likely N-dealkylation sites (tertiary alicyclic amines) is 1. The molecule has 0 bridgehead atoms. The highest BCUT2D eigenvalue weighted by Crippen LogP contribution is 2.22. The smallest absolute Gasteiger partial charge is 0.253 e. The van der Waals surface area contributed by atoms with Crippen molar-refractivity contribution >= 4 is 5.91 Å². The number of rotatable bonds is 7. The number of hydrogen-bond acceptors (Lipinski definition) is 5. The second-order valence-electron chi connectivity index (χ2n) is 8.38. The summed E-state index contributed by atoms with van der Waals surface area (Å²) < 4.78 is 11.0. The molecule has 6 heteroatoms. The zero-order chi connectivity index (χ0) is 21.0. The molecule has 29 heavy (non-hydrogen) atoms. The fourth-order valence-corrected chi connectivity index (χ4v) is 3.68. The molecular weight excluding hydrogens is 366 g/mol. The average Bonchev–Trinajstić information content (AvgIpc) is 3.04. The fraction of sp³-hybridized carbons (Fsp3) is 0.565. The molecule has 0 unspecified atom stereocenters. The van der Waals surface area contributed by atoms with Gasteiger partial charge in [-0.3, -0.25) is 4.79 Å². The minimum absolute atomic E-state index is 0.109. The molecule has 1 fully saturated rings. The van der Waals surface area contributed by atoms with Gasteiger partial charge >= 0.3 is 0 Å². The van der Waals surface area contributed by atoms with Gasteiger partial charge in [-0.05, 0) is 77.8 Å². The van der Waals surface area contributed by atoms with Crippen LogP contribution in [0.2, 0.25) is 0 Å². The summed E-state index contributed by atoms with van der Waals surface area (Å²) in [4.78, 5) is 17.2. The quantitative estimate of drug-likeness (QED) is 0.703. The maximum absolute atomic E-state index is 12.8. The minimum Gasteiger partial charge on any atom is -0.489 e. The van der Waals surface area contributed by atoms with Crippen LogP contribution >= 0.6 is 0 Å². The first kappa shape index (κ1) is 21.4. The van der Waals surface area contributed by atoms with Crippen molar-refractivity contribution in [3.8, 4) is 5.75 Å². The van der Waals surface area contributed by atoms with Crippen LogP contribution in [0.4, 0.5) is 0 Å². The van der Waals surface area contributed by atoms with Crippen molar-refractivity contribution in [1.29, 1.82) is 0 Å². The number of nitrogens with zero attached hydrogens (tertiary/aromatic N) is 3. The summed E-state index contributed by atoms with van der Waals surface area (Å²) in [5.74, 6) is 2.29. The summed E-state index contributed by atoms with van der Waals surface area (Å²) in [6.45, 7) is 11.4. The minimum atomic E-state index is 0.109. The molecule has 6 nitrogen and oxygen atoms in total. The number of hydrogen-bond donors (Lipinski definition) is 0. The molecule has 0 saturated carbocycles. The third-order valence-corrected chi connectivity index (χ3v) is 6.00.